The van der Waals surface area contributed by atoms with Gasteiger partial charge in [-0.2, -0.15) is 0 Å². The molecule has 2 aliphatic rings. The van der Waals surface area contributed by atoms with Crippen LogP contribution in [0.2, 0.25) is 0 Å². The third kappa shape index (κ3) is 20.1. The molecule has 38 heteroatoms. The van der Waals surface area contributed by atoms with Gasteiger partial charge in [-0.25, -0.2) is 81.5 Å². The monoisotopic (exact) mass is 1650 g/mol. The number of carbonyl (C=O) groups excluding carboxylic acids is 3. The van der Waals surface area contributed by atoms with E-state index >= 15 is 8.78 Å². The number of hydrogen-bond donors (Lipinski definition) is 9. The van der Waals surface area contributed by atoms with Gasteiger partial charge in [-0.05, 0) is 143 Å². The van der Waals surface area contributed by atoms with Crippen molar-refractivity contribution in [1.29, 1.82) is 0 Å². The van der Waals surface area contributed by atoms with Crippen molar-refractivity contribution in [3.05, 3.63) is 198 Å². The number of hydrogen-bond acceptors (Lipinski definition) is 20. The van der Waals surface area contributed by atoms with Crippen molar-refractivity contribution in [3.63, 3.8) is 0 Å². The lowest BCUT2D eigenvalue weighted by atomic mass is 10.1. The van der Waals surface area contributed by atoms with Crippen LogP contribution in [0.5, 0.6) is 0 Å². The van der Waals surface area contributed by atoms with Gasteiger partial charge >= 0.3 is 0 Å². The summed E-state index contributed by atoms with van der Waals surface area (Å²) in [6.07, 6.45) is 10.3. The number of halogens is 6. The molecule has 11 heterocycles. The zero-order valence-corrected chi connectivity index (χ0v) is 66.3. The zero-order valence-electron chi connectivity index (χ0n) is 63.8. The van der Waals surface area contributed by atoms with Gasteiger partial charge in [-0.15, -0.1) is 0 Å². The van der Waals surface area contributed by atoms with Gasteiger partial charge in [0.25, 0.3) is 17.7 Å². The lowest BCUT2D eigenvalue weighted by molar-refractivity contribution is 0.101. The van der Waals surface area contributed by atoms with Gasteiger partial charge in [-0.3, -0.25) is 28.5 Å². The van der Waals surface area contributed by atoms with Crippen LogP contribution in [-0.2, 0) is 30.1 Å². The molecular weight excluding hydrogens is 1570 g/mol. The number of rotatable bonds is 24. The van der Waals surface area contributed by atoms with Crippen LogP contribution in [0.25, 0.3) is 66.9 Å². The Kier molecular flexibility index (Phi) is 25.6. The van der Waals surface area contributed by atoms with Crippen LogP contribution in [0, 0.1) is 34.9 Å². The molecule has 0 spiro atoms. The average molecular weight is 1650 g/mol. The molecule has 0 unspecified atom stereocenters. The molecule has 608 valence electrons. The van der Waals surface area contributed by atoms with Crippen LogP contribution in [0.3, 0.4) is 0 Å². The Morgan fingerprint density at radius 2 is 0.759 bits per heavy atom. The van der Waals surface area contributed by atoms with E-state index in [0.717, 1.165) is 140 Å². The van der Waals surface area contributed by atoms with Crippen LogP contribution in [0.15, 0.2) is 146 Å². The second-order valence-electron chi connectivity index (χ2n) is 27.7. The number of piperazine rings is 2. The van der Waals surface area contributed by atoms with E-state index in [1.54, 1.807) is 57.6 Å². The van der Waals surface area contributed by atoms with Crippen LogP contribution < -0.4 is 44.8 Å². The highest BCUT2D eigenvalue weighted by Gasteiger charge is 2.28. The largest absolute Gasteiger partial charge is 0.363 e. The number of amides is 3. The Morgan fingerprint density at radius 1 is 0.405 bits per heavy atom. The number of carbonyl (C=O) groups is 3. The van der Waals surface area contributed by atoms with Gasteiger partial charge in [0.15, 0.2) is 17.5 Å². The predicted molar refractivity (Wildman–Crippen MR) is 438 cm³/mol. The van der Waals surface area contributed by atoms with E-state index in [4.69, 9.17) is 0 Å². The second kappa shape index (κ2) is 35.6. The minimum atomic E-state index is -3.84. The first-order chi connectivity index (χ1) is 55.3. The first-order valence-electron chi connectivity index (χ1n) is 36.6. The Labute approximate surface area is 663 Å². The summed E-state index contributed by atoms with van der Waals surface area (Å²) in [6.45, 7) is 12.5. The smallest absolute Gasteiger partial charge is 0.261 e. The normalized spacial score (nSPS) is 13.5. The Hall–Kier alpha value is -12.3. The highest BCUT2D eigenvalue weighted by atomic mass is 32.2. The molecule has 9 N–H and O–H groups in total. The van der Waals surface area contributed by atoms with Gasteiger partial charge in [0.1, 0.15) is 68.5 Å². The maximum atomic E-state index is 15.0. The van der Waals surface area contributed by atoms with Gasteiger partial charge in [0, 0.05) is 135 Å². The number of H-pyrrole nitrogens is 3. The van der Waals surface area contributed by atoms with Gasteiger partial charge in [0.05, 0.1) is 70.0 Å². The first kappa shape index (κ1) is 83.2. The molecule has 29 nitrogen and oxygen atoms in total. The summed E-state index contributed by atoms with van der Waals surface area (Å²) in [5.41, 5.74) is 2.99. The van der Waals surface area contributed by atoms with Crippen molar-refractivity contribution in [1.82, 2.24) is 54.7 Å². The summed E-state index contributed by atoms with van der Waals surface area (Å²) >= 11 is 0. The molecule has 2 fully saturated rings. The number of fused-ring (bicyclic) bond motifs is 3. The lowest BCUT2D eigenvalue weighted by Crippen LogP contribution is -2.44. The predicted octanol–water partition coefficient (Wildman–Crippen LogP) is 12.5. The van der Waals surface area contributed by atoms with E-state index in [2.05, 4.69) is 109 Å². The van der Waals surface area contributed by atoms with Crippen molar-refractivity contribution < 1.29 is 66.0 Å². The SMILES string of the molecule is CCCS(=O)(=O)Nc1ccc(F)c(C(=O)Nc2cnc3[nH]c(-c4ccc(N(C)C)nc4)cc3c2)c1F.CCCS(=O)(=O)Nc1ccc(F)c(C(=O)Nc2cnc3[nH]c(-c4ccc(N5CCN(C)CC5)nc4)cc3c2)c1F.CCCS(=O)(=O)Nc1ccc(F)c(C(=O)Nc2cnc3[nH]c(-c4ccnc(N5CCN(C)CC5)c4)cc3c2)c1F. The maximum Gasteiger partial charge on any atom is 0.261 e. The van der Waals surface area contributed by atoms with E-state index in [9.17, 15) is 57.2 Å². The third-order valence-corrected chi connectivity index (χ3v) is 23.1. The summed E-state index contributed by atoms with van der Waals surface area (Å²) in [5.74, 6) is -8.65. The number of sulfonamides is 3. The van der Waals surface area contributed by atoms with Crippen molar-refractivity contribution in [3.8, 4) is 33.8 Å². The van der Waals surface area contributed by atoms with E-state index in [0.29, 0.717) is 52.4 Å². The van der Waals surface area contributed by atoms with Crippen molar-refractivity contribution in [2.45, 2.75) is 40.0 Å². The number of pyridine rings is 6. The third-order valence-electron chi connectivity index (χ3n) is 18.6. The number of anilines is 9. The molecule has 0 atom stereocenters. The van der Waals surface area contributed by atoms with E-state index in [1.807, 2.05) is 73.6 Å². The number of benzene rings is 3. The number of nitrogens with zero attached hydrogens (tertiary/aromatic N) is 11. The number of aromatic nitrogens is 9. The van der Waals surface area contributed by atoms with Gasteiger partial charge in [0.2, 0.25) is 30.1 Å². The van der Waals surface area contributed by atoms with Crippen molar-refractivity contribution >= 4 is 132 Å². The fourth-order valence-corrected chi connectivity index (χ4v) is 16.0. The zero-order chi connectivity index (χ0) is 82.9. The number of likely N-dealkylation sites (N-methyl/N-ethyl adjacent to an activating group) is 2. The maximum absolute atomic E-state index is 15.0. The fourth-order valence-electron chi connectivity index (χ4n) is 12.7. The first-order valence-corrected chi connectivity index (χ1v) is 41.6. The summed E-state index contributed by atoms with van der Waals surface area (Å²) < 4.78 is 167. The summed E-state index contributed by atoms with van der Waals surface area (Å²) in [7, 11) is -3.54. The van der Waals surface area contributed by atoms with Crippen LogP contribution in [-0.4, -0.2) is 195 Å². The molecule has 0 bridgehead atoms. The minimum Gasteiger partial charge on any atom is -0.363 e. The molecule has 116 heavy (non-hydrogen) atoms. The van der Waals surface area contributed by atoms with Gasteiger partial charge < -0.3 is 55.4 Å². The molecule has 12 aromatic rings. The molecule has 2 saturated heterocycles. The van der Waals surface area contributed by atoms with Crippen molar-refractivity contribution in [2.75, 3.05) is 143 Å². The van der Waals surface area contributed by atoms with Gasteiger partial charge in [-0.1, -0.05) is 20.8 Å². The summed E-state index contributed by atoms with van der Waals surface area (Å²) in [6, 6.07) is 27.3. The minimum absolute atomic E-state index is 0.204. The molecule has 3 aromatic carbocycles. The Balaban J connectivity index is 0.000000161. The summed E-state index contributed by atoms with van der Waals surface area (Å²) in [4.78, 5) is 85.4. The van der Waals surface area contributed by atoms with Crippen LogP contribution in [0.1, 0.15) is 71.1 Å². The molecular formula is C78H82F6N20O9S3. The molecule has 3 amide bonds. The van der Waals surface area contributed by atoms with E-state index in [-0.39, 0.29) is 34.3 Å². The summed E-state index contributed by atoms with van der Waals surface area (Å²) in [5, 5.41) is 9.33. The number of aromatic amines is 3. The topological polar surface area (TPSA) is 367 Å². The van der Waals surface area contributed by atoms with Crippen LogP contribution >= 0.6 is 0 Å². The standard InChI is InChI=1S/2C27H29F2N7O3S.C24H24F2N6O3S/c1-3-12-40(38,39)34-21-6-5-20(28)24(25(21)29)27(37)32-19-13-18-14-22(33-26(18)31-16-19)17-4-7-23(30-15-17)36-10-8-35(2)9-11-36;1-3-12-40(38,39)34-21-5-4-20(28)24(25(21)29)27(37)32-19-13-18-14-22(33-26(18)31-16-19)17-6-7-30-23(15-17)36-10-8-35(2)9-11-36;1-4-9-36(34,35)31-18-7-6-17(25)21(22(18)26)24(33)29-16-10-15-11-19(30-23(15)28-13-16)14-5-8-20(27-12-14)32(2)3/h2*4-7,13-16,34H,3,8-12H2,1-2H3,(H,31,33)(H,32,37);5-8,10-13,31H,4,9H2,1-3H3,(H,28,30)(H,29,33). The van der Waals surface area contributed by atoms with E-state index < -0.39 is 116 Å². The quantitative estimate of drug-likeness (QED) is 0.0254. The number of nitrogens with one attached hydrogen (secondary N) is 9. The highest BCUT2D eigenvalue weighted by Crippen LogP contribution is 2.34. The second-order valence-corrected chi connectivity index (χ2v) is 33.2. The molecule has 0 saturated carbocycles. The fraction of sp³-hybridized carbons (Fsp3) is 0.269. The van der Waals surface area contributed by atoms with E-state index in [1.165, 1.54) is 18.6 Å². The Morgan fingerprint density at radius 3 is 1.09 bits per heavy atom. The molecule has 9 aromatic heterocycles. The molecule has 14 rings (SSSR count). The van der Waals surface area contributed by atoms with Crippen molar-refractivity contribution in [2.24, 2.45) is 0 Å². The Bertz CT molecular complexity index is 6010. The lowest BCUT2D eigenvalue weighted by Gasteiger charge is -2.33. The molecule has 0 aliphatic carbocycles. The molecule has 0 radical (unpaired) electrons. The average Bonchev–Trinajstić information content (AvgIpc) is 1.38. The molecule has 2 aliphatic heterocycles. The highest BCUT2D eigenvalue weighted by molar-refractivity contribution is 7.93. The van der Waals surface area contributed by atoms with Crippen LogP contribution in [0.4, 0.5) is 77.9 Å².